The second-order valence-corrected chi connectivity index (χ2v) is 5.93. The van der Waals surface area contributed by atoms with Crippen LogP contribution in [0.5, 0.6) is 5.75 Å². The molecule has 2 aromatic carbocycles. The first-order valence-electron chi connectivity index (χ1n) is 8.71. The third-order valence-corrected chi connectivity index (χ3v) is 4.04. The second-order valence-electron chi connectivity index (χ2n) is 5.93. The fourth-order valence-corrected chi connectivity index (χ4v) is 2.69. The van der Waals surface area contributed by atoms with E-state index < -0.39 is 0 Å². The average molecular weight is 356 g/mol. The smallest absolute Gasteiger partial charge is 0.244 e. The van der Waals surface area contributed by atoms with Gasteiger partial charge in [-0.3, -0.25) is 9.78 Å². The van der Waals surface area contributed by atoms with Gasteiger partial charge < -0.3 is 10.1 Å². The summed E-state index contributed by atoms with van der Waals surface area (Å²) in [7, 11) is 0. The first-order valence-corrected chi connectivity index (χ1v) is 8.71. The second kappa shape index (κ2) is 9.21. The minimum atomic E-state index is -0.128. The van der Waals surface area contributed by atoms with Gasteiger partial charge in [-0.15, -0.1) is 6.42 Å². The molecule has 0 saturated carbocycles. The molecule has 1 heterocycles. The fraction of sp³-hybridized carbons (Fsp3) is 0.130. The fourth-order valence-electron chi connectivity index (χ4n) is 2.69. The number of fused-ring (bicyclic) bond motifs is 1. The lowest BCUT2D eigenvalue weighted by atomic mass is 10.1. The van der Waals surface area contributed by atoms with Crippen LogP contribution in [-0.2, 0) is 11.2 Å². The van der Waals surface area contributed by atoms with Gasteiger partial charge in [0.05, 0.1) is 5.52 Å². The Labute approximate surface area is 158 Å². The number of hydrogen-bond donors (Lipinski definition) is 1. The van der Waals surface area contributed by atoms with Gasteiger partial charge in [-0.2, -0.15) is 0 Å². The van der Waals surface area contributed by atoms with E-state index in [-0.39, 0.29) is 12.5 Å². The molecule has 0 spiro atoms. The van der Waals surface area contributed by atoms with Crippen molar-refractivity contribution in [1.29, 1.82) is 0 Å². The van der Waals surface area contributed by atoms with Gasteiger partial charge >= 0.3 is 0 Å². The van der Waals surface area contributed by atoms with Crippen molar-refractivity contribution in [2.45, 2.75) is 6.42 Å². The van der Waals surface area contributed by atoms with E-state index >= 15 is 0 Å². The maximum Gasteiger partial charge on any atom is 0.244 e. The molecule has 0 atom stereocenters. The molecule has 4 heteroatoms. The number of aromatic nitrogens is 1. The number of carbonyl (C=O) groups is 1. The summed E-state index contributed by atoms with van der Waals surface area (Å²) in [6.45, 7) is 0.815. The predicted molar refractivity (Wildman–Crippen MR) is 108 cm³/mol. The van der Waals surface area contributed by atoms with Gasteiger partial charge in [0.15, 0.2) is 0 Å². The summed E-state index contributed by atoms with van der Waals surface area (Å²) in [6, 6.07) is 17.5. The molecule has 3 rings (SSSR count). The van der Waals surface area contributed by atoms with Crippen molar-refractivity contribution in [1.82, 2.24) is 10.3 Å². The Morgan fingerprint density at radius 1 is 1.15 bits per heavy atom. The highest BCUT2D eigenvalue weighted by Crippen LogP contribution is 2.17. The number of benzene rings is 2. The summed E-state index contributed by atoms with van der Waals surface area (Å²) < 4.78 is 5.34. The molecular formula is C23H20N2O2. The van der Waals surface area contributed by atoms with E-state index in [9.17, 15) is 4.79 Å². The van der Waals surface area contributed by atoms with E-state index in [1.54, 1.807) is 18.3 Å². The van der Waals surface area contributed by atoms with Crippen LogP contribution in [0.15, 0.2) is 66.9 Å². The highest BCUT2D eigenvalue weighted by molar-refractivity contribution is 5.95. The van der Waals surface area contributed by atoms with E-state index in [1.807, 2.05) is 54.6 Å². The number of ether oxygens (including phenoxy) is 1. The number of pyridine rings is 1. The molecule has 27 heavy (non-hydrogen) atoms. The number of carbonyl (C=O) groups excluding carboxylic acids is 1. The normalized spacial score (nSPS) is 10.6. The van der Waals surface area contributed by atoms with Crippen LogP contribution < -0.4 is 10.1 Å². The van der Waals surface area contributed by atoms with Crippen molar-refractivity contribution in [3.05, 3.63) is 78.0 Å². The number of amides is 1. The number of nitrogens with one attached hydrogen (secondary N) is 1. The monoisotopic (exact) mass is 356 g/mol. The standard InChI is InChI=1S/C23H20N2O2/c1-2-17-27-21-11-8-18(9-12-21)14-16-24-22(26)13-10-20-6-3-5-19-7-4-15-25-23(19)20/h1,3-13,15H,14,16-17H2,(H,24,26)/b13-10+. The molecule has 3 aromatic rings. The summed E-state index contributed by atoms with van der Waals surface area (Å²) in [6.07, 6.45) is 11.0. The summed E-state index contributed by atoms with van der Waals surface area (Å²) in [5.41, 5.74) is 2.92. The van der Waals surface area contributed by atoms with Crippen LogP contribution in [0.25, 0.3) is 17.0 Å². The largest absolute Gasteiger partial charge is 0.481 e. The molecule has 0 saturated heterocycles. The molecule has 1 N–H and O–H groups in total. The zero-order valence-corrected chi connectivity index (χ0v) is 14.9. The highest BCUT2D eigenvalue weighted by atomic mass is 16.5. The lowest BCUT2D eigenvalue weighted by molar-refractivity contribution is -0.116. The van der Waals surface area contributed by atoms with Gasteiger partial charge in [-0.25, -0.2) is 0 Å². The first-order chi connectivity index (χ1) is 13.3. The van der Waals surface area contributed by atoms with Crippen LogP contribution in [0.2, 0.25) is 0 Å². The minimum Gasteiger partial charge on any atom is -0.481 e. The Morgan fingerprint density at radius 2 is 1.96 bits per heavy atom. The maximum absolute atomic E-state index is 12.1. The molecule has 1 amide bonds. The predicted octanol–water partition coefficient (Wildman–Crippen LogP) is 3.62. The molecule has 0 radical (unpaired) electrons. The Bertz CT molecular complexity index is 980. The van der Waals surface area contributed by atoms with Crippen molar-refractivity contribution in [3.8, 4) is 18.1 Å². The molecule has 0 aliphatic carbocycles. The van der Waals surface area contributed by atoms with E-state index in [2.05, 4.69) is 16.2 Å². The van der Waals surface area contributed by atoms with Crippen molar-refractivity contribution >= 4 is 22.9 Å². The number of rotatable bonds is 7. The van der Waals surface area contributed by atoms with Gasteiger partial charge in [0.25, 0.3) is 0 Å². The third-order valence-electron chi connectivity index (χ3n) is 4.04. The number of para-hydroxylation sites is 1. The number of hydrogen-bond acceptors (Lipinski definition) is 3. The summed E-state index contributed by atoms with van der Waals surface area (Å²) in [5.74, 6) is 3.05. The van der Waals surface area contributed by atoms with Gasteiger partial charge in [-0.05, 0) is 36.3 Å². The Hall–Kier alpha value is -3.58. The molecular weight excluding hydrogens is 336 g/mol. The highest BCUT2D eigenvalue weighted by Gasteiger charge is 2.01. The zero-order chi connectivity index (χ0) is 18.9. The van der Waals surface area contributed by atoms with Gasteiger partial charge in [0.2, 0.25) is 5.91 Å². The van der Waals surface area contributed by atoms with E-state index in [0.717, 1.165) is 34.2 Å². The number of nitrogens with zero attached hydrogens (tertiary/aromatic N) is 1. The first kappa shape index (κ1) is 18.2. The lowest BCUT2D eigenvalue weighted by Gasteiger charge is -2.05. The Balaban J connectivity index is 1.51. The van der Waals surface area contributed by atoms with Crippen LogP contribution in [-0.4, -0.2) is 24.0 Å². The van der Waals surface area contributed by atoms with Crippen molar-refractivity contribution in [3.63, 3.8) is 0 Å². The van der Waals surface area contributed by atoms with Crippen LogP contribution in [0.4, 0.5) is 0 Å². The lowest BCUT2D eigenvalue weighted by Crippen LogP contribution is -2.23. The molecule has 0 bridgehead atoms. The SMILES string of the molecule is C#CCOc1ccc(CCNC(=O)/C=C/c2cccc3cccnc23)cc1. The Morgan fingerprint density at radius 3 is 2.78 bits per heavy atom. The summed E-state index contributed by atoms with van der Waals surface area (Å²) >= 11 is 0. The molecule has 134 valence electrons. The summed E-state index contributed by atoms with van der Waals surface area (Å²) in [5, 5.41) is 3.95. The minimum absolute atomic E-state index is 0.128. The molecule has 0 aliphatic rings. The molecule has 1 aromatic heterocycles. The van der Waals surface area contributed by atoms with Gasteiger partial charge in [-0.1, -0.05) is 42.3 Å². The molecule has 0 fully saturated rings. The Kier molecular flexibility index (Phi) is 6.21. The average Bonchev–Trinajstić information content (AvgIpc) is 2.71. The van der Waals surface area contributed by atoms with Crippen LogP contribution in [0, 0.1) is 12.3 Å². The zero-order valence-electron chi connectivity index (χ0n) is 14.9. The van der Waals surface area contributed by atoms with Crippen molar-refractivity contribution in [2.24, 2.45) is 0 Å². The summed E-state index contributed by atoms with van der Waals surface area (Å²) in [4.78, 5) is 16.4. The van der Waals surface area contributed by atoms with Crippen molar-refractivity contribution in [2.75, 3.05) is 13.2 Å². The number of terminal acetylenes is 1. The molecule has 4 nitrogen and oxygen atoms in total. The van der Waals surface area contributed by atoms with Crippen LogP contribution >= 0.6 is 0 Å². The van der Waals surface area contributed by atoms with E-state index in [1.165, 1.54) is 0 Å². The van der Waals surface area contributed by atoms with E-state index in [4.69, 9.17) is 11.2 Å². The van der Waals surface area contributed by atoms with E-state index in [0.29, 0.717) is 6.54 Å². The van der Waals surface area contributed by atoms with Gasteiger partial charge in [0.1, 0.15) is 12.4 Å². The quantitative estimate of drug-likeness (QED) is 0.520. The third kappa shape index (κ3) is 5.20. The van der Waals surface area contributed by atoms with Gasteiger partial charge in [0, 0.05) is 29.8 Å². The molecule has 0 aliphatic heterocycles. The van der Waals surface area contributed by atoms with Crippen molar-refractivity contribution < 1.29 is 9.53 Å². The van der Waals surface area contributed by atoms with Crippen LogP contribution in [0.3, 0.4) is 0 Å². The van der Waals surface area contributed by atoms with Crippen LogP contribution in [0.1, 0.15) is 11.1 Å². The maximum atomic E-state index is 12.1. The molecule has 0 unspecified atom stereocenters. The topological polar surface area (TPSA) is 51.2 Å².